The van der Waals surface area contributed by atoms with E-state index in [4.69, 9.17) is 0 Å². The van der Waals surface area contributed by atoms with Crippen molar-refractivity contribution < 1.29 is 4.79 Å². The van der Waals surface area contributed by atoms with Gasteiger partial charge in [-0.15, -0.1) is 5.10 Å². The Morgan fingerprint density at radius 1 is 1.12 bits per heavy atom. The molecule has 0 aliphatic carbocycles. The summed E-state index contributed by atoms with van der Waals surface area (Å²) in [6.45, 7) is 12.1. The number of hydrogen-bond donors (Lipinski definition) is 0. The van der Waals surface area contributed by atoms with Crippen LogP contribution in [0.5, 0.6) is 0 Å². The number of amides is 1. The second kappa shape index (κ2) is 7.79. The molecule has 1 amide bonds. The van der Waals surface area contributed by atoms with Crippen LogP contribution in [-0.2, 0) is 4.79 Å². The number of carbonyl (C=O) groups is 1. The van der Waals surface area contributed by atoms with Crippen LogP contribution in [0.2, 0.25) is 0 Å². The van der Waals surface area contributed by atoms with Crippen LogP contribution in [0.1, 0.15) is 40.2 Å². The maximum atomic E-state index is 12.8. The molecule has 1 aromatic heterocycles. The van der Waals surface area contributed by atoms with Gasteiger partial charge in [0.25, 0.3) is 0 Å². The lowest BCUT2D eigenvalue weighted by Crippen LogP contribution is -2.45. The van der Waals surface area contributed by atoms with Gasteiger partial charge in [0.2, 0.25) is 11.1 Å². The number of rotatable bonds is 6. The van der Waals surface area contributed by atoms with Crippen molar-refractivity contribution in [1.29, 1.82) is 0 Å². The van der Waals surface area contributed by atoms with E-state index in [0.717, 1.165) is 11.3 Å². The first kappa shape index (κ1) is 18.4. The predicted octanol–water partition coefficient (Wildman–Crippen LogP) is 3.10. The maximum absolute atomic E-state index is 12.8. The number of thioether (sulfide) groups is 1. The van der Waals surface area contributed by atoms with Crippen molar-refractivity contribution in [1.82, 2.24) is 25.1 Å². The maximum Gasteiger partial charge on any atom is 0.236 e. The van der Waals surface area contributed by atoms with Gasteiger partial charge in [-0.3, -0.25) is 4.79 Å². The molecule has 0 spiro atoms. The van der Waals surface area contributed by atoms with Gasteiger partial charge in [-0.25, -0.2) is 0 Å². The van der Waals surface area contributed by atoms with Crippen LogP contribution < -0.4 is 0 Å². The second-order valence-electron chi connectivity index (χ2n) is 6.35. The molecule has 1 heterocycles. The van der Waals surface area contributed by atoms with E-state index in [2.05, 4.69) is 15.5 Å². The van der Waals surface area contributed by atoms with Gasteiger partial charge < -0.3 is 4.90 Å². The second-order valence-corrected chi connectivity index (χ2v) is 7.66. The van der Waals surface area contributed by atoms with Crippen LogP contribution in [0, 0.1) is 6.92 Å². The lowest BCUT2D eigenvalue weighted by atomic mass is 10.2. The molecule has 0 radical (unpaired) electrons. The summed E-state index contributed by atoms with van der Waals surface area (Å²) in [5.74, 6) is 0.101. The van der Waals surface area contributed by atoms with Crippen LogP contribution in [0.3, 0.4) is 0 Å². The first-order valence-electron chi connectivity index (χ1n) is 8.16. The standard InChI is InChI=1S/C17H25N5OS/c1-11(2)21(12(3)4)16(23)14(6)24-17-18-19-20-22(17)15-10-8-7-9-13(15)5/h7-12,14H,1-6H3/t14-/m0/s1. The third-order valence-corrected chi connectivity index (χ3v) is 4.80. The zero-order valence-electron chi connectivity index (χ0n) is 15.1. The van der Waals surface area contributed by atoms with Crippen molar-refractivity contribution >= 4 is 17.7 Å². The Morgan fingerprint density at radius 3 is 2.33 bits per heavy atom. The number of para-hydroxylation sites is 1. The first-order chi connectivity index (χ1) is 11.3. The molecule has 2 rings (SSSR count). The minimum absolute atomic E-state index is 0.101. The lowest BCUT2D eigenvalue weighted by molar-refractivity contribution is -0.133. The van der Waals surface area contributed by atoms with Crippen LogP contribution >= 0.6 is 11.8 Å². The minimum atomic E-state index is -0.261. The fourth-order valence-electron chi connectivity index (χ4n) is 2.73. The van der Waals surface area contributed by atoms with Gasteiger partial charge in [0.05, 0.1) is 10.9 Å². The molecule has 0 fully saturated rings. The lowest BCUT2D eigenvalue weighted by Gasteiger charge is -2.32. The molecule has 7 heteroatoms. The highest BCUT2D eigenvalue weighted by Gasteiger charge is 2.27. The Bertz CT molecular complexity index is 690. The summed E-state index contributed by atoms with van der Waals surface area (Å²) >= 11 is 1.39. The van der Waals surface area contributed by atoms with E-state index in [1.54, 1.807) is 4.68 Å². The molecular formula is C17H25N5OS. The van der Waals surface area contributed by atoms with Crippen molar-refractivity contribution in [3.63, 3.8) is 0 Å². The summed E-state index contributed by atoms with van der Waals surface area (Å²) in [6, 6.07) is 8.23. The topological polar surface area (TPSA) is 63.9 Å². The molecule has 2 aromatic rings. The van der Waals surface area contributed by atoms with E-state index < -0.39 is 0 Å². The summed E-state index contributed by atoms with van der Waals surface area (Å²) in [7, 11) is 0. The van der Waals surface area contributed by atoms with Crippen molar-refractivity contribution in [2.75, 3.05) is 0 Å². The van der Waals surface area contributed by atoms with Gasteiger partial charge in [-0.2, -0.15) is 4.68 Å². The van der Waals surface area contributed by atoms with Crippen LogP contribution in [-0.4, -0.2) is 48.3 Å². The monoisotopic (exact) mass is 347 g/mol. The summed E-state index contributed by atoms with van der Waals surface area (Å²) < 4.78 is 1.69. The number of carbonyl (C=O) groups excluding carboxylic acids is 1. The van der Waals surface area contributed by atoms with Crippen LogP contribution in [0.15, 0.2) is 29.4 Å². The van der Waals surface area contributed by atoms with Crippen molar-refractivity contribution in [3.05, 3.63) is 29.8 Å². The normalized spacial score (nSPS) is 12.7. The number of hydrogen-bond acceptors (Lipinski definition) is 5. The average Bonchev–Trinajstić information content (AvgIpc) is 2.94. The van der Waals surface area contributed by atoms with E-state index in [1.165, 1.54) is 11.8 Å². The number of aryl methyl sites for hydroxylation is 1. The molecule has 130 valence electrons. The number of aromatic nitrogens is 4. The SMILES string of the molecule is Cc1ccccc1-n1nnnc1S[C@@H](C)C(=O)N(C(C)C)C(C)C. The van der Waals surface area contributed by atoms with Crippen LogP contribution in [0.25, 0.3) is 5.69 Å². The van der Waals surface area contributed by atoms with Gasteiger partial charge in [-0.1, -0.05) is 30.0 Å². The molecule has 1 atom stereocenters. The Labute approximate surface area is 147 Å². The van der Waals surface area contributed by atoms with E-state index in [0.29, 0.717) is 5.16 Å². The highest BCUT2D eigenvalue weighted by Crippen LogP contribution is 2.26. The van der Waals surface area contributed by atoms with Gasteiger partial charge in [0.1, 0.15) is 0 Å². The highest BCUT2D eigenvalue weighted by atomic mass is 32.2. The first-order valence-corrected chi connectivity index (χ1v) is 9.04. The molecule has 0 aliphatic heterocycles. The van der Waals surface area contributed by atoms with E-state index in [9.17, 15) is 4.79 Å². The molecular weight excluding hydrogens is 322 g/mol. The number of tetrazole rings is 1. The Kier molecular flexibility index (Phi) is 5.99. The Balaban J connectivity index is 2.22. The molecule has 0 bridgehead atoms. The predicted molar refractivity (Wildman–Crippen MR) is 96.3 cm³/mol. The van der Waals surface area contributed by atoms with Crippen molar-refractivity contribution in [3.8, 4) is 5.69 Å². The molecule has 0 saturated carbocycles. The summed E-state index contributed by atoms with van der Waals surface area (Å²) in [5.41, 5.74) is 2.01. The van der Waals surface area contributed by atoms with Gasteiger partial charge >= 0.3 is 0 Å². The molecule has 0 saturated heterocycles. The summed E-state index contributed by atoms with van der Waals surface area (Å²) in [5, 5.41) is 12.3. The van der Waals surface area contributed by atoms with Gasteiger partial charge in [-0.05, 0) is 63.6 Å². The fourth-order valence-corrected chi connectivity index (χ4v) is 3.59. The molecule has 6 nitrogen and oxygen atoms in total. The minimum Gasteiger partial charge on any atom is -0.337 e. The zero-order valence-corrected chi connectivity index (χ0v) is 15.9. The Morgan fingerprint density at radius 2 is 1.75 bits per heavy atom. The largest absolute Gasteiger partial charge is 0.337 e. The molecule has 0 aliphatic rings. The smallest absolute Gasteiger partial charge is 0.236 e. The van der Waals surface area contributed by atoms with Gasteiger partial charge in [0.15, 0.2) is 0 Å². The number of benzene rings is 1. The summed E-state index contributed by atoms with van der Waals surface area (Å²) in [6.07, 6.45) is 0. The van der Waals surface area contributed by atoms with Crippen molar-refractivity contribution in [2.45, 2.75) is 64.0 Å². The molecule has 24 heavy (non-hydrogen) atoms. The van der Waals surface area contributed by atoms with E-state index in [1.807, 2.05) is 70.7 Å². The zero-order chi connectivity index (χ0) is 17.9. The number of nitrogens with zero attached hydrogens (tertiary/aromatic N) is 5. The van der Waals surface area contributed by atoms with Gasteiger partial charge in [0, 0.05) is 12.1 Å². The van der Waals surface area contributed by atoms with Crippen LogP contribution in [0.4, 0.5) is 0 Å². The Hall–Kier alpha value is -1.89. The molecule has 1 aromatic carbocycles. The molecule has 0 unspecified atom stereocenters. The molecule has 0 N–H and O–H groups in total. The average molecular weight is 347 g/mol. The quantitative estimate of drug-likeness (QED) is 0.751. The van der Waals surface area contributed by atoms with E-state index >= 15 is 0 Å². The fraction of sp³-hybridized carbons (Fsp3) is 0.529. The third kappa shape index (κ3) is 3.95. The third-order valence-electron chi connectivity index (χ3n) is 3.78. The van der Waals surface area contributed by atoms with Crippen molar-refractivity contribution in [2.24, 2.45) is 0 Å². The summed E-state index contributed by atoms with van der Waals surface area (Å²) in [4.78, 5) is 14.7. The van der Waals surface area contributed by atoms with E-state index in [-0.39, 0.29) is 23.2 Å². The highest BCUT2D eigenvalue weighted by molar-refractivity contribution is 8.00.